The third-order valence-electron chi connectivity index (χ3n) is 4.21. The van der Waals surface area contributed by atoms with Gasteiger partial charge in [-0.05, 0) is 6.92 Å². The number of aromatic nitrogens is 3. The van der Waals surface area contributed by atoms with Gasteiger partial charge in [0, 0.05) is 18.4 Å². The van der Waals surface area contributed by atoms with Crippen molar-refractivity contribution in [2.75, 3.05) is 11.9 Å². The van der Waals surface area contributed by atoms with Crippen molar-refractivity contribution in [1.29, 1.82) is 0 Å². The van der Waals surface area contributed by atoms with E-state index in [0.29, 0.717) is 6.61 Å². The fourth-order valence-electron chi connectivity index (χ4n) is 2.48. The molecule has 124 valence electrons. The molecule has 0 radical (unpaired) electrons. The molecular formula is C12H18F3N5O2. The Kier molecular flexibility index (Phi) is 3.94. The SMILES string of the molecule is CCOC1CC(N)(C(=O)Nc2n[nH]c(C(F)(F)F)n2)C1(C)C. The smallest absolute Gasteiger partial charge is 0.378 e. The summed E-state index contributed by atoms with van der Waals surface area (Å²) < 4.78 is 42.8. The first-order valence-corrected chi connectivity index (χ1v) is 6.74. The molecule has 1 heterocycles. The van der Waals surface area contributed by atoms with E-state index in [2.05, 4.69) is 15.4 Å². The third kappa shape index (κ3) is 2.56. The molecule has 2 rings (SSSR count). The van der Waals surface area contributed by atoms with Crippen molar-refractivity contribution in [2.24, 2.45) is 11.1 Å². The number of halogens is 3. The molecule has 1 aliphatic carbocycles. The lowest BCUT2D eigenvalue weighted by molar-refractivity contribution is -0.166. The van der Waals surface area contributed by atoms with E-state index in [1.54, 1.807) is 18.9 Å². The molecule has 2 atom stereocenters. The summed E-state index contributed by atoms with van der Waals surface area (Å²) in [5.74, 6) is -2.38. The summed E-state index contributed by atoms with van der Waals surface area (Å²) in [6.07, 6.45) is -4.58. The van der Waals surface area contributed by atoms with E-state index < -0.39 is 34.8 Å². The number of carbonyl (C=O) groups excluding carboxylic acids is 1. The molecule has 0 aromatic carbocycles. The van der Waals surface area contributed by atoms with Gasteiger partial charge in [-0.3, -0.25) is 15.2 Å². The number of ether oxygens (including phenoxy) is 1. The van der Waals surface area contributed by atoms with Crippen LogP contribution in [0.25, 0.3) is 0 Å². The van der Waals surface area contributed by atoms with Crippen molar-refractivity contribution < 1.29 is 22.7 Å². The van der Waals surface area contributed by atoms with Crippen molar-refractivity contribution >= 4 is 11.9 Å². The van der Waals surface area contributed by atoms with Crippen LogP contribution in [0.15, 0.2) is 0 Å². The number of hydrogen-bond acceptors (Lipinski definition) is 5. The van der Waals surface area contributed by atoms with Crippen LogP contribution in [0.4, 0.5) is 19.1 Å². The van der Waals surface area contributed by atoms with E-state index in [0.717, 1.165) is 0 Å². The monoisotopic (exact) mass is 321 g/mol. The number of anilines is 1. The summed E-state index contributed by atoms with van der Waals surface area (Å²) in [6.45, 7) is 5.87. The van der Waals surface area contributed by atoms with Gasteiger partial charge in [0.05, 0.1) is 6.10 Å². The Bertz CT molecular complexity index is 571. The van der Waals surface area contributed by atoms with Gasteiger partial charge in [-0.25, -0.2) is 0 Å². The number of rotatable bonds is 4. The fraction of sp³-hybridized carbons (Fsp3) is 0.750. The maximum absolute atomic E-state index is 12.4. The number of hydrogen-bond donors (Lipinski definition) is 3. The first kappa shape index (κ1) is 16.7. The second kappa shape index (κ2) is 5.20. The molecule has 1 saturated carbocycles. The van der Waals surface area contributed by atoms with Crippen molar-refractivity contribution in [3.8, 4) is 0 Å². The normalized spacial score (nSPS) is 27.3. The molecule has 1 amide bonds. The van der Waals surface area contributed by atoms with Crippen LogP contribution in [0.1, 0.15) is 33.0 Å². The highest BCUT2D eigenvalue weighted by molar-refractivity contribution is 5.98. The molecule has 1 aromatic rings. The minimum Gasteiger partial charge on any atom is -0.378 e. The molecule has 0 aliphatic heterocycles. The van der Waals surface area contributed by atoms with Crippen LogP contribution in [-0.2, 0) is 15.7 Å². The molecule has 10 heteroatoms. The Hall–Kier alpha value is -1.68. The summed E-state index contributed by atoms with van der Waals surface area (Å²) in [4.78, 5) is 15.5. The summed E-state index contributed by atoms with van der Waals surface area (Å²) in [5, 5.41) is 7.27. The molecule has 1 aromatic heterocycles. The molecule has 2 unspecified atom stereocenters. The number of nitrogens with zero attached hydrogens (tertiary/aromatic N) is 2. The number of H-pyrrole nitrogens is 1. The Morgan fingerprint density at radius 2 is 2.18 bits per heavy atom. The molecule has 4 N–H and O–H groups in total. The predicted octanol–water partition coefficient (Wildman–Crippen LogP) is 1.29. The Morgan fingerprint density at radius 1 is 1.55 bits per heavy atom. The van der Waals surface area contributed by atoms with E-state index in [1.807, 2.05) is 6.92 Å². The second-order valence-electron chi connectivity index (χ2n) is 5.80. The van der Waals surface area contributed by atoms with Crippen molar-refractivity contribution in [1.82, 2.24) is 15.2 Å². The first-order valence-electron chi connectivity index (χ1n) is 6.74. The van der Waals surface area contributed by atoms with Crippen molar-refractivity contribution in [3.63, 3.8) is 0 Å². The van der Waals surface area contributed by atoms with E-state index in [4.69, 9.17) is 10.5 Å². The second-order valence-corrected chi connectivity index (χ2v) is 5.80. The largest absolute Gasteiger partial charge is 0.451 e. The average Bonchev–Trinajstić information content (AvgIpc) is 2.86. The number of amides is 1. The van der Waals surface area contributed by atoms with Crippen LogP contribution < -0.4 is 11.1 Å². The topological polar surface area (TPSA) is 106 Å². The van der Waals surface area contributed by atoms with Crippen LogP contribution >= 0.6 is 0 Å². The Balaban J connectivity index is 2.08. The lowest BCUT2D eigenvalue weighted by Crippen LogP contribution is -2.74. The molecule has 7 nitrogen and oxygen atoms in total. The van der Waals surface area contributed by atoms with Crippen molar-refractivity contribution in [3.05, 3.63) is 5.82 Å². The van der Waals surface area contributed by atoms with Gasteiger partial charge < -0.3 is 10.5 Å². The molecular weight excluding hydrogens is 303 g/mol. The van der Waals surface area contributed by atoms with E-state index >= 15 is 0 Å². The number of nitrogens with two attached hydrogens (primary N) is 1. The van der Waals surface area contributed by atoms with Gasteiger partial charge in [-0.1, -0.05) is 13.8 Å². The summed E-state index contributed by atoms with van der Waals surface area (Å²) >= 11 is 0. The zero-order valence-electron chi connectivity index (χ0n) is 12.4. The molecule has 0 saturated heterocycles. The predicted molar refractivity (Wildman–Crippen MR) is 70.7 cm³/mol. The van der Waals surface area contributed by atoms with E-state index in [1.165, 1.54) is 0 Å². The molecule has 22 heavy (non-hydrogen) atoms. The lowest BCUT2D eigenvalue weighted by Gasteiger charge is -2.57. The van der Waals surface area contributed by atoms with Crippen LogP contribution in [-0.4, -0.2) is 39.3 Å². The third-order valence-corrected chi connectivity index (χ3v) is 4.21. The number of carbonyl (C=O) groups is 1. The van der Waals surface area contributed by atoms with Crippen LogP contribution in [0.2, 0.25) is 0 Å². The van der Waals surface area contributed by atoms with Crippen molar-refractivity contribution in [2.45, 2.75) is 45.0 Å². The Morgan fingerprint density at radius 3 is 2.64 bits per heavy atom. The average molecular weight is 321 g/mol. The first-order chi connectivity index (χ1) is 10.0. The highest BCUT2D eigenvalue weighted by Crippen LogP contribution is 2.50. The van der Waals surface area contributed by atoms with Gasteiger partial charge >= 0.3 is 6.18 Å². The van der Waals surface area contributed by atoms with Gasteiger partial charge in [-0.15, -0.1) is 5.10 Å². The highest BCUT2D eigenvalue weighted by Gasteiger charge is 2.63. The molecule has 1 aliphatic rings. The van der Waals surface area contributed by atoms with Crippen LogP contribution in [0, 0.1) is 5.41 Å². The molecule has 0 spiro atoms. The van der Waals surface area contributed by atoms with Crippen LogP contribution in [0.3, 0.4) is 0 Å². The molecule has 1 fully saturated rings. The zero-order valence-corrected chi connectivity index (χ0v) is 12.4. The Labute approximate surface area is 124 Å². The summed E-state index contributed by atoms with van der Waals surface area (Å²) in [7, 11) is 0. The lowest BCUT2D eigenvalue weighted by atomic mass is 9.54. The molecule has 0 bridgehead atoms. The number of alkyl halides is 3. The number of aromatic amines is 1. The minimum absolute atomic E-state index is 0.189. The van der Waals surface area contributed by atoms with Gasteiger partial charge in [-0.2, -0.15) is 18.2 Å². The quantitative estimate of drug-likeness (QED) is 0.775. The minimum atomic E-state index is -4.66. The highest BCUT2D eigenvalue weighted by atomic mass is 19.4. The van der Waals surface area contributed by atoms with E-state index in [9.17, 15) is 18.0 Å². The zero-order chi connectivity index (χ0) is 16.8. The summed E-state index contributed by atoms with van der Waals surface area (Å²) in [6, 6.07) is 0. The van der Waals surface area contributed by atoms with E-state index in [-0.39, 0.29) is 12.5 Å². The maximum Gasteiger partial charge on any atom is 0.451 e. The summed E-state index contributed by atoms with van der Waals surface area (Å²) in [5.41, 5.74) is 4.19. The van der Waals surface area contributed by atoms with Crippen LogP contribution in [0.5, 0.6) is 0 Å². The maximum atomic E-state index is 12.4. The van der Waals surface area contributed by atoms with Gasteiger partial charge in [0.1, 0.15) is 5.54 Å². The fourth-order valence-corrected chi connectivity index (χ4v) is 2.48. The number of nitrogens with one attached hydrogen (secondary N) is 2. The van der Waals surface area contributed by atoms with Gasteiger partial charge in [0.2, 0.25) is 17.7 Å². The standard InChI is InChI=1S/C12H18F3N5O2/c1-4-22-6-5-11(16,10(6,2)3)8(21)18-9-17-7(19-20-9)12(13,14)15/h6H,4-5,16H2,1-3H3,(H2,17,18,19,20,21). The van der Waals surface area contributed by atoms with Gasteiger partial charge in [0.15, 0.2) is 0 Å². The van der Waals surface area contributed by atoms with Gasteiger partial charge in [0.25, 0.3) is 0 Å².